The van der Waals surface area contributed by atoms with E-state index in [0.29, 0.717) is 36.6 Å². The van der Waals surface area contributed by atoms with Gasteiger partial charge in [0.25, 0.3) is 0 Å². The summed E-state index contributed by atoms with van der Waals surface area (Å²) in [5.74, 6) is -1.52. The lowest BCUT2D eigenvalue weighted by atomic mass is 9.70. The third kappa shape index (κ3) is 6.32. The van der Waals surface area contributed by atoms with Crippen LogP contribution in [0.25, 0.3) is 0 Å². The Hall–Kier alpha value is -3.54. The summed E-state index contributed by atoms with van der Waals surface area (Å²) in [6, 6.07) is 23.0. The summed E-state index contributed by atoms with van der Waals surface area (Å²) < 4.78 is 4.69. The Morgan fingerprint density at radius 2 is 1.60 bits per heavy atom. The van der Waals surface area contributed by atoms with E-state index in [0.717, 1.165) is 24.3 Å². The molecule has 0 radical (unpaired) electrons. The summed E-state index contributed by atoms with van der Waals surface area (Å²) in [5.41, 5.74) is 3.25. The van der Waals surface area contributed by atoms with Crippen molar-refractivity contribution >= 4 is 62.5 Å². The van der Waals surface area contributed by atoms with E-state index in [1.807, 2.05) is 61.5 Å². The van der Waals surface area contributed by atoms with Gasteiger partial charge in [0.05, 0.1) is 35.8 Å². The molecule has 254 valence electrons. The average Bonchev–Trinajstić information content (AvgIpc) is 3.69. The maximum Gasteiger partial charge on any atom is 0.248 e. The van der Waals surface area contributed by atoms with Gasteiger partial charge < -0.3 is 30.3 Å². The second kappa shape index (κ2) is 14.5. The lowest BCUT2D eigenvalue weighted by Gasteiger charge is -2.37. The summed E-state index contributed by atoms with van der Waals surface area (Å²) in [7, 11) is 0. The normalized spacial score (nSPS) is 26.2. The van der Waals surface area contributed by atoms with Crippen LogP contribution < -0.4 is 20.3 Å². The minimum Gasteiger partial charge on any atom is -0.494 e. The number of anilines is 3. The summed E-state index contributed by atoms with van der Waals surface area (Å²) >= 11 is 5.42. The van der Waals surface area contributed by atoms with Gasteiger partial charge >= 0.3 is 0 Å². The first-order valence-electron chi connectivity index (χ1n) is 16.7. The van der Waals surface area contributed by atoms with Gasteiger partial charge in [0.15, 0.2) is 0 Å². The van der Waals surface area contributed by atoms with Crippen molar-refractivity contribution in [1.82, 2.24) is 4.90 Å². The van der Waals surface area contributed by atoms with E-state index in [1.165, 1.54) is 0 Å². The third-order valence-electron chi connectivity index (χ3n) is 9.89. The lowest BCUT2D eigenvalue weighted by Crippen LogP contribution is -2.55. The summed E-state index contributed by atoms with van der Waals surface area (Å²) in [6.07, 6.45) is 0.924. The molecule has 0 saturated carbocycles. The summed E-state index contributed by atoms with van der Waals surface area (Å²) in [4.78, 5) is 47.1. The number of rotatable bonds is 13. The number of fused-ring (bicyclic) bond motifs is 1. The molecule has 3 amide bonds. The first kappa shape index (κ1) is 34.3. The van der Waals surface area contributed by atoms with E-state index in [2.05, 4.69) is 45.3 Å². The number of thioether (sulfide) groups is 1. The minimum absolute atomic E-state index is 0.0760. The van der Waals surface area contributed by atoms with Gasteiger partial charge in [-0.2, -0.15) is 0 Å². The van der Waals surface area contributed by atoms with Crippen LogP contribution in [-0.4, -0.2) is 80.9 Å². The van der Waals surface area contributed by atoms with Crippen LogP contribution in [0.4, 0.5) is 17.1 Å². The molecule has 11 heteroatoms. The topological polar surface area (TPSA) is 111 Å². The molecule has 1 spiro atoms. The molecular weight excluding hydrogens is 692 g/mol. The smallest absolute Gasteiger partial charge is 0.248 e. The number of carbonyl (C=O) groups excluding carboxylic acids is 3. The number of nitrogens with one attached hydrogen (secondary N) is 2. The molecule has 48 heavy (non-hydrogen) atoms. The zero-order chi connectivity index (χ0) is 34.0. The Morgan fingerprint density at radius 1 is 0.979 bits per heavy atom. The van der Waals surface area contributed by atoms with Crippen LogP contribution in [0.2, 0.25) is 0 Å². The van der Waals surface area contributed by atoms with E-state index in [9.17, 15) is 19.5 Å². The fourth-order valence-corrected chi connectivity index (χ4v) is 11.4. The van der Waals surface area contributed by atoms with E-state index < -0.39 is 28.7 Å². The highest BCUT2D eigenvalue weighted by molar-refractivity contribution is 9.09. The standard InChI is InChI=1S/C37H43BrN4O5S/c1-4-41(5-2)26-16-12-24(13-17-26)40-35(45)33-37-21-29(38)32(48-37)30(34(44)39-25-14-18-28(19-15-25)47-6-3)31(37)36(46)42(33)27(22-43)20-23-10-8-7-9-11-23/h7-19,27,29-33,43H,4-6,20-22H2,1-3H3,(H,39,44)(H,40,45)/t27-,29?,30-,31+,32-,33?,37?/m1/s1. The number of alkyl halides is 1. The number of hydrogen-bond donors (Lipinski definition) is 3. The number of hydrogen-bond acceptors (Lipinski definition) is 7. The average molecular weight is 736 g/mol. The van der Waals surface area contributed by atoms with Gasteiger partial charge in [-0.1, -0.05) is 46.3 Å². The van der Waals surface area contributed by atoms with Crippen LogP contribution in [0.3, 0.4) is 0 Å². The molecule has 3 aromatic rings. The van der Waals surface area contributed by atoms with Crippen LogP contribution >= 0.6 is 27.7 Å². The lowest BCUT2D eigenvalue weighted by molar-refractivity contribution is -0.141. The highest BCUT2D eigenvalue weighted by Gasteiger charge is 2.76. The Labute approximate surface area is 294 Å². The highest BCUT2D eigenvalue weighted by atomic mass is 79.9. The van der Waals surface area contributed by atoms with Crippen LogP contribution in [0.15, 0.2) is 78.9 Å². The molecule has 2 bridgehead atoms. The van der Waals surface area contributed by atoms with Gasteiger partial charge in [-0.15, -0.1) is 11.8 Å². The molecule has 3 aliphatic heterocycles. The van der Waals surface area contributed by atoms with Gasteiger partial charge in [0.2, 0.25) is 17.7 Å². The maximum absolute atomic E-state index is 14.7. The minimum atomic E-state index is -0.892. The number of carbonyl (C=O) groups is 3. The number of nitrogens with zero attached hydrogens (tertiary/aromatic N) is 2. The Kier molecular flexibility index (Phi) is 10.4. The molecule has 3 aromatic carbocycles. The Morgan fingerprint density at radius 3 is 2.21 bits per heavy atom. The van der Waals surface area contributed by atoms with Crippen molar-refractivity contribution in [3.05, 3.63) is 84.4 Å². The van der Waals surface area contributed by atoms with Crippen molar-refractivity contribution < 1.29 is 24.2 Å². The van der Waals surface area contributed by atoms with E-state index in [-0.39, 0.29) is 34.4 Å². The molecule has 3 fully saturated rings. The van der Waals surface area contributed by atoms with Crippen molar-refractivity contribution in [1.29, 1.82) is 0 Å². The predicted octanol–water partition coefficient (Wildman–Crippen LogP) is 5.58. The zero-order valence-electron chi connectivity index (χ0n) is 27.5. The molecule has 7 atom stereocenters. The molecular formula is C37H43BrN4O5S. The first-order chi connectivity index (χ1) is 23.2. The number of halogens is 1. The molecule has 0 aliphatic carbocycles. The molecule has 6 rings (SSSR count). The van der Waals surface area contributed by atoms with Crippen LogP contribution in [0.5, 0.6) is 5.75 Å². The monoisotopic (exact) mass is 734 g/mol. The quantitative estimate of drug-likeness (QED) is 0.197. The van der Waals surface area contributed by atoms with Gasteiger partial charge in [-0.05, 0) is 87.7 Å². The fourth-order valence-electron chi connectivity index (χ4n) is 7.78. The van der Waals surface area contributed by atoms with Crippen molar-refractivity contribution in [3.63, 3.8) is 0 Å². The fraction of sp³-hybridized carbons (Fsp3) is 0.432. The Balaban J connectivity index is 1.33. The van der Waals surface area contributed by atoms with Crippen molar-refractivity contribution in [2.75, 3.05) is 41.8 Å². The van der Waals surface area contributed by atoms with E-state index in [1.54, 1.807) is 40.9 Å². The number of ether oxygens (including phenoxy) is 1. The van der Waals surface area contributed by atoms with Gasteiger partial charge in [-0.25, -0.2) is 0 Å². The number of likely N-dealkylation sites (tertiary alicyclic amines) is 1. The van der Waals surface area contributed by atoms with Gasteiger partial charge in [0, 0.05) is 40.2 Å². The first-order valence-corrected chi connectivity index (χ1v) is 18.5. The molecule has 9 nitrogen and oxygen atoms in total. The van der Waals surface area contributed by atoms with E-state index >= 15 is 0 Å². The van der Waals surface area contributed by atoms with Crippen molar-refractivity contribution in [2.24, 2.45) is 11.8 Å². The predicted molar refractivity (Wildman–Crippen MR) is 195 cm³/mol. The molecule has 3 aliphatic rings. The van der Waals surface area contributed by atoms with E-state index in [4.69, 9.17) is 4.74 Å². The van der Waals surface area contributed by atoms with Gasteiger partial charge in [0.1, 0.15) is 11.8 Å². The van der Waals surface area contributed by atoms with Crippen LogP contribution in [0.1, 0.15) is 32.8 Å². The largest absolute Gasteiger partial charge is 0.494 e. The second-order valence-electron chi connectivity index (χ2n) is 12.6. The molecule has 3 saturated heterocycles. The summed E-state index contributed by atoms with van der Waals surface area (Å²) in [6.45, 7) is 8.07. The SMILES string of the molecule is CCOc1ccc(NC(=O)[C@H]2[C@@H]3SC4(CC3Br)C(C(=O)Nc3ccc(N(CC)CC)cc3)N([C@@H](CO)Cc3ccccc3)C(=O)[C@H]24)cc1. The van der Waals surface area contributed by atoms with Crippen LogP contribution in [0, 0.1) is 11.8 Å². The molecule has 3 unspecified atom stereocenters. The van der Waals surface area contributed by atoms with Crippen LogP contribution in [-0.2, 0) is 20.8 Å². The number of benzene rings is 3. The molecule has 3 heterocycles. The summed E-state index contributed by atoms with van der Waals surface area (Å²) in [5, 5.41) is 16.7. The van der Waals surface area contributed by atoms with Crippen molar-refractivity contribution in [2.45, 2.75) is 60.5 Å². The van der Waals surface area contributed by atoms with Gasteiger partial charge in [-0.3, -0.25) is 14.4 Å². The van der Waals surface area contributed by atoms with Crippen molar-refractivity contribution in [3.8, 4) is 5.75 Å². The second-order valence-corrected chi connectivity index (χ2v) is 15.3. The molecule has 0 aromatic heterocycles. The number of amides is 3. The number of aliphatic hydroxyl groups is 1. The number of aliphatic hydroxyl groups excluding tert-OH is 1. The molecule has 3 N–H and O–H groups in total. The Bertz CT molecular complexity index is 1610. The highest BCUT2D eigenvalue weighted by Crippen LogP contribution is 2.68. The third-order valence-corrected chi connectivity index (χ3v) is 13.1. The maximum atomic E-state index is 14.7. The zero-order valence-corrected chi connectivity index (χ0v) is 29.9.